The van der Waals surface area contributed by atoms with Gasteiger partial charge in [0.05, 0.1) is 0 Å². The number of hydrogen-bond acceptors (Lipinski definition) is 6. The van der Waals surface area contributed by atoms with Crippen LogP contribution in [-0.4, -0.2) is 64.4 Å². The van der Waals surface area contributed by atoms with E-state index in [1.54, 1.807) is 0 Å². The van der Waals surface area contributed by atoms with Crippen LogP contribution in [0.1, 0.15) is 64.5 Å². The Morgan fingerprint density at radius 2 is 1.00 bits per heavy atom. The molecule has 0 aliphatic rings. The molecule has 40 heavy (non-hydrogen) atoms. The molecule has 0 amide bonds. The smallest absolute Gasteiger partial charge is 0.00914 e. The number of benzene rings is 2. The van der Waals surface area contributed by atoms with Gasteiger partial charge in [-0.3, -0.25) is 0 Å². The minimum absolute atomic E-state index is 0.137. The summed E-state index contributed by atoms with van der Waals surface area (Å²) in [4.78, 5) is 0. The van der Waals surface area contributed by atoms with E-state index < -0.39 is 0 Å². The SMILES string of the molecule is CC(C)CNCCCNCCC(N)Cc1cc(CC(N)CCNCCCNCC(C)C)cc(-c2ccccc2)c1. The van der Waals surface area contributed by atoms with Crippen LogP contribution in [0, 0.1) is 11.8 Å². The molecule has 0 fully saturated rings. The van der Waals surface area contributed by atoms with E-state index in [2.05, 4.69) is 97.5 Å². The molecule has 0 aromatic heterocycles. The highest BCUT2D eigenvalue weighted by Gasteiger charge is 2.11. The van der Waals surface area contributed by atoms with Gasteiger partial charge >= 0.3 is 0 Å². The zero-order valence-corrected chi connectivity index (χ0v) is 26.0. The summed E-state index contributed by atoms with van der Waals surface area (Å²) in [5.41, 5.74) is 18.3. The Balaban J connectivity index is 1.81. The quantitative estimate of drug-likeness (QED) is 0.115. The highest BCUT2D eigenvalue weighted by atomic mass is 14.9. The van der Waals surface area contributed by atoms with Crippen molar-refractivity contribution in [1.82, 2.24) is 21.3 Å². The Hall–Kier alpha value is -1.80. The molecule has 0 heterocycles. The number of hydrogen-bond donors (Lipinski definition) is 6. The maximum Gasteiger partial charge on any atom is 0.00914 e. The van der Waals surface area contributed by atoms with Gasteiger partial charge in [-0.25, -0.2) is 0 Å². The average Bonchev–Trinajstić information content (AvgIpc) is 2.91. The predicted molar refractivity (Wildman–Crippen MR) is 175 cm³/mol. The lowest BCUT2D eigenvalue weighted by Gasteiger charge is -2.17. The van der Waals surface area contributed by atoms with Crippen molar-refractivity contribution < 1.29 is 0 Å². The third-order valence-electron chi connectivity index (χ3n) is 7.06. The Morgan fingerprint density at radius 3 is 1.45 bits per heavy atom. The lowest BCUT2D eigenvalue weighted by Crippen LogP contribution is -2.31. The monoisotopic (exact) mass is 552 g/mol. The molecule has 2 atom stereocenters. The molecule has 2 rings (SSSR count). The molecule has 2 aromatic carbocycles. The van der Waals surface area contributed by atoms with E-state index in [1.165, 1.54) is 22.3 Å². The molecular formula is C34H60N6. The number of rotatable bonds is 23. The van der Waals surface area contributed by atoms with Gasteiger partial charge in [0.25, 0.3) is 0 Å². The van der Waals surface area contributed by atoms with E-state index in [0.717, 1.165) is 90.9 Å². The number of nitrogens with two attached hydrogens (primary N) is 2. The van der Waals surface area contributed by atoms with Crippen LogP contribution in [0.15, 0.2) is 48.5 Å². The molecule has 226 valence electrons. The summed E-state index contributed by atoms with van der Waals surface area (Å²) < 4.78 is 0. The van der Waals surface area contributed by atoms with Gasteiger partial charge in [-0.2, -0.15) is 0 Å². The fraction of sp³-hybridized carbons (Fsp3) is 0.647. The first-order valence-electron chi connectivity index (χ1n) is 15.9. The van der Waals surface area contributed by atoms with E-state index in [-0.39, 0.29) is 12.1 Å². The van der Waals surface area contributed by atoms with E-state index >= 15 is 0 Å². The summed E-state index contributed by atoms with van der Waals surface area (Å²) in [6, 6.07) is 17.9. The van der Waals surface area contributed by atoms with Crippen molar-refractivity contribution in [2.75, 3.05) is 52.4 Å². The Bertz CT molecular complexity index is 835. The van der Waals surface area contributed by atoms with Gasteiger partial charge in [-0.15, -0.1) is 0 Å². The minimum atomic E-state index is 0.137. The van der Waals surface area contributed by atoms with Crippen LogP contribution < -0.4 is 32.7 Å². The average molecular weight is 553 g/mol. The maximum absolute atomic E-state index is 6.59. The van der Waals surface area contributed by atoms with E-state index in [4.69, 9.17) is 11.5 Å². The molecule has 0 saturated carbocycles. The molecule has 0 spiro atoms. The number of nitrogens with one attached hydrogen (secondary N) is 4. The lowest BCUT2D eigenvalue weighted by molar-refractivity contribution is 0.515. The van der Waals surface area contributed by atoms with Crippen LogP contribution in [0.3, 0.4) is 0 Å². The maximum atomic E-state index is 6.59. The fourth-order valence-electron chi connectivity index (χ4n) is 4.89. The molecular weight excluding hydrogens is 492 g/mol. The molecule has 2 unspecified atom stereocenters. The van der Waals surface area contributed by atoms with Crippen LogP contribution in [0.5, 0.6) is 0 Å². The van der Waals surface area contributed by atoms with E-state index in [9.17, 15) is 0 Å². The largest absolute Gasteiger partial charge is 0.327 e. The second-order valence-electron chi connectivity index (χ2n) is 12.3. The zero-order chi connectivity index (χ0) is 29.0. The highest BCUT2D eigenvalue weighted by molar-refractivity contribution is 5.65. The summed E-state index contributed by atoms with van der Waals surface area (Å²) in [6.45, 7) is 17.3. The van der Waals surface area contributed by atoms with Crippen LogP contribution in [0.4, 0.5) is 0 Å². The second-order valence-corrected chi connectivity index (χ2v) is 12.3. The van der Waals surface area contributed by atoms with E-state index in [0.29, 0.717) is 11.8 Å². The molecule has 0 saturated heterocycles. The van der Waals surface area contributed by atoms with Gasteiger partial charge in [-0.05, 0) is 125 Å². The summed E-state index contributed by atoms with van der Waals surface area (Å²) in [6.07, 6.45) is 6.01. The molecule has 0 aliphatic heterocycles. The highest BCUT2D eigenvalue weighted by Crippen LogP contribution is 2.24. The van der Waals surface area contributed by atoms with E-state index in [1.807, 2.05) is 0 Å². The lowest BCUT2D eigenvalue weighted by atomic mass is 9.93. The molecule has 2 aromatic rings. The van der Waals surface area contributed by atoms with Crippen LogP contribution >= 0.6 is 0 Å². The standard InChI is InChI=1S/C34H60N6/c1-27(2)25-39-16-8-14-37-18-12-33(35)23-29-20-30(22-32(21-29)31-10-6-5-7-11-31)24-34(36)13-19-38-15-9-17-40-26-28(3)4/h5-7,10-11,20-22,27-28,33-34,37-40H,8-9,12-19,23-26,35-36H2,1-4H3. The predicted octanol–water partition coefficient (Wildman–Crippen LogP) is 4.32. The van der Waals surface area contributed by atoms with Gasteiger partial charge < -0.3 is 32.7 Å². The first-order chi connectivity index (χ1) is 19.3. The first-order valence-corrected chi connectivity index (χ1v) is 15.9. The summed E-state index contributed by atoms with van der Waals surface area (Å²) in [7, 11) is 0. The van der Waals surface area contributed by atoms with Gasteiger partial charge in [0.15, 0.2) is 0 Å². The fourth-order valence-corrected chi connectivity index (χ4v) is 4.89. The van der Waals surface area contributed by atoms with Crippen LogP contribution in [0.2, 0.25) is 0 Å². The molecule has 0 radical (unpaired) electrons. The first kappa shape index (κ1) is 34.4. The Morgan fingerprint density at radius 1 is 0.550 bits per heavy atom. The zero-order valence-electron chi connectivity index (χ0n) is 26.0. The van der Waals surface area contributed by atoms with Gasteiger partial charge in [-0.1, -0.05) is 76.2 Å². The Labute approximate surface area is 245 Å². The van der Waals surface area contributed by atoms with Crippen LogP contribution in [-0.2, 0) is 12.8 Å². The van der Waals surface area contributed by atoms with Crippen molar-refractivity contribution in [1.29, 1.82) is 0 Å². The van der Waals surface area contributed by atoms with Crippen LogP contribution in [0.25, 0.3) is 11.1 Å². The summed E-state index contributed by atoms with van der Waals surface area (Å²) >= 11 is 0. The van der Waals surface area contributed by atoms with Crippen molar-refractivity contribution >= 4 is 0 Å². The van der Waals surface area contributed by atoms with Gasteiger partial charge in [0.1, 0.15) is 0 Å². The van der Waals surface area contributed by atoms with Gasteiger partial charge in [0, 0.05) is 12.1 Å². The topological polar surface area (TPSA) is 100 Å². The van der Waals surface area contributed by atoms with Crippen molar-refractivity contribution in [3.05, 3.63) is 59.7 Å². The molecule has 0 aliphatic carbocycles. The molecule has 6 heteroatoms. The summed E-state index contributed by atoms with van der Waals surface area (Å²) in [5, 5.41) is 14.1. The summed E-state index contributed by atoms with van der Waals surface area (Å²) in [5.74, 6) is 1.41. The molecule has 8 N–H and O–H groups in total. The Kier molecular flexibility index (Phi) is 18.0. The van der Waals surface area contributed by atoms with Gasteiger partial charge in [0.2, 0.25) is 0 Å². The second kappa shape index (κ2) is 21.0. The normalized spacial score (nSPS) is 13.3. The molecule has 0 bridgehead atoms. The third kappa shape index (κ3) is 16.5. The van der Waals surface area contributed by atoms with Crippen molar-refractivity contribution in [3.63, 3.8) is 0 Å². The van der Waals surface area contributed by atoms with Crippen molar-refractivity contribution in [2.45, 2.75) is 78.3 Å². The van der Waals surface area contributed by atoms with Crippen molar-refractivity contribution in [3.8, 4) is 11.1 Å². The minimum Gasteiger partial charge on any atom is -0.327 e. The molecule has 6 nitrogen and oxygen atoms in total. The van der Waals surface area contributed by atoms with Crippen molar-refractivity contribution in [2.24, 2.45) is 23.3 Å². The third-order valence-corrected chi connectivity index (χ3v) is 7.06.